The van der Waals surface area contributed by atoms with Gasteiger partial charge >= 0.3 is 11.9 Å². The van der Waals surface area contributed by atoms with Crippen molar-refractivity contribution in [1.82, 2.24) is 4.90 Å². The molecule has 1 fully saturated rings. The molecule has 1 unspecified atom stereocenters. The third-order valence-electron chi connectivity index (χ3n) is 5.01. The van der Waals surface area contributed by atoms with Crippen molar-refractivity contribution in [2.75, 3.05) is 38.2 Å². The van der Waals surface area contributed by atoms with Crippen LogP contribution in [0.25, 0.3) is 0 Å². The van der Waals surface area contributed by atoms with E-state index in [4.69, 9.17) is 14.7 Å². The summed E-state index contributed by atoms with van der Waals surface area (Å²) in [6, 6.07) is 2.13. The molecule has 0 aromatic carbocycles. The second kappa shape index (κ2) is 11.8. The Morgan fingerprint density at radius 1 is 1.29 bits per heavy atom. The number of nitrogens with one attached hydrogen (secondary N) is 1. The number of thiophene rings is 1. The highest BCUT2D eigenvalue weighted by Gasteiger charge is 2.30. The number of carbonyl (C=O) groups excluding carboxylic acids is 3. The number of anilines is 1. The monoisotopic (exact) mass is 449 g/mol. The van der Waals surface area contributed by atoms with Crippen molar-refractivity contribution < 1.29 is 23.9 Å². The van der Waals surface area contributed by atoms with Crippen LogP contribution in [0.1, 0.15) is 65.6 Å². The number of ether oxygens (including phenoxy) is 2. The molecule has 0 spiro atoms. The second-order valence-electron chi connectivity index (χ2n) is 8.01. The molecule has 2 heterocycles. The number of hydrogen-bond donors (Lipinski definition) is 1. The summed E-state index contributed by atoms with van der Waals surface area (Å²) in [6.07, 6.45) is 2.02. The predicted molar refractivity (Wildman–Crippen MR) is 118 cm³/mol. The summed E-state index contributed by atoms with van der Waals surface area (Å²) >= 11 is 1.04. The van der Waals surface area contributed by atoms with Gasteiger partial charge in [0.05, 0.1) is 30.8 Å². The number of piperidine rings is 1. The maximum atomic E-state index is 13.0. The molecule has 9 heteroatoms. The second-order valence-corrected chi connectivity index (χ2v) is 9.03. The summed E-state index contributed by atoms with van der Waals surface area (Å²) in [5.41, 5.74) is 0.653. The van der Waals surface area contributed by atoms with Gasteiger partial charge in [0.15, 0.2) is 0 Å². The van der Waals surface area contributed by atoms with Crippen LogP contribution in [0.5, 0.6) is 0 Å². The first-order valence-corrected chi connectivity index (χ1v) is 11.5. The van der Waals surface area contributed by atoms with Gasteiger partial charge in [-0.25, -0.2) is 9.59 Å². The number of nitriles is 1. The Morgan fingerprint density at radius 2 is 2.03 bits per heavy atom. The van der Waals surface area contributed by atoms with E-state index in [9.17, 15) is 14.4 Å². The van der Waals surface area contributed by atoms with E-state index in [0.717, 1.165) is 30.7 Å². The Bertz CT molecular complexity index is 843. The van der Waals surface area contributed by atoms with Gasteiger partial charge in [0.25, 0.3) is 0 Å². The van der Waals surface area contributed by atoms with Crippen molar-refractivity contribution in [3.05, 3.63) is 16.0 Å². The normalized spacial score (nSPS) is 16.6. The maximum absolute atomic E-state index is 13.0. The van der Waals surface area contributed by atoms with E-state index < -0.39 is 11.9 Å². The Morgan fingerprint density at radius 3 is 2.68 bits per heavy atom. The number of likely N-dealkylation sites (tertiary alicyclic amines) is 1. The van der Waals surface area contributed by atoms with Crippen molar-refractivity contribution in [2.24, 2.45) is 11.8 Å². The van der Waals surface area contributed by atoms with Gasteiger partial charge < -0.3 is 19.7 Å². The highest BCUT2D eigenvalue weighted by atomic mass is 32.1. The predicted octanol–water partition coefficient (Wildman–Crippen LogP) is 3.61. The van der Waals surface area contributed by atoms with Crippen molar-refractivity contribution in [2.45, 2.75) is 47.0 Å². The van der Waals surface area contributed by atoms with Gasteiger partial charge in [0.1, 0.15) is 9.88 Å². The van der Waals surface area contributed by atoms with E-state index in [-0.39, 0.29) is 36.5 Å². The molecular weight excluding hydrogens is 418 g/mol. The number of carbonyl (C=O) groups is 3. The lowest BCUT2D eigenvalue weighted by atomic mass is 9.97. The summed E-state index contributed by atoms with van der Waals surface area (Å²) in [7, 11) is 0. The van der Waals surface area contributed by atoms with E-state index in [0.29, 0.717) is 35.0 Å². The first-order valence-electron chi connectivity index (χ1n) is 10.7. The van der Waals surface area contributed by atoms with Crippen LogP contribution in [0.15, 0.2) is 0 Å². The van der Waals surface area contributed by atoms with E-state index >= 15 is 0 Å². The number of esters is 2. The smallest absolute Gasteiger partial charge is 0.348 e. The Labute approximate surface area is 187 Å². The summed E-state index contributed by atoms with van der Waals surface area (Å²) in [5, 5.41) is 12.0. The Kier molecular flexibility index (Phi) is 9.46. The molecule has 1 aliphatic heterocycles. The quantitative estimate of drug-likeness (QED) is 0.574. The van der Waals surface area contributed by atoms with Gasteiger partial charge in [-0.3, -0.25) is 4.79 Å². The molecule has 0 saturated carbocycles. The summed E-state index contributed by atoms with van der Waals surface area (Å²) in [4.78, 5) is 40.5. The van der Waals surface area contributed by atoms with Crippen LogP contribution in [-0.4, -0.2) is 55.6 Å². The van der Waals surface area contributed by atoms with Crippen LogP contribution in [-0.2, 0) is 14.3 Å². The number of rotatable bonds is 9. The largest absolute Gasteiger partial charge is 0.462 e. The SMILES string of the molecule is CCOC(=O)c1c(NC(=O)C2CCCN(CCC#N)C2)sc(C(=O)OCC(C)C)c1C. The van der Waals surface area contributed by atoms with E-state index in [2.05, 4.69) is 16.3 Å². The van der Waals surface area contributed by atoms with Crippen LogP contribution in [0.2, 0.25) is 0 Å². The standard InChI is InChI=1S/C22H31N3O5S/c1-5-29-21(27)17-15(4)18(22(28)30-13-14(2)3)31-20(17)24-19(26)16-8-6-10-25(12-16)11-7-9-23/h14,16H,5-8,10-13H2,1-4H3,(H,24,26). The molecule has 1 N–H and O–H groups in total. The average molecular weight is 450 g/mol. The van der Waals surface area contributed by atoms with E-state index in [1.807, 2.05) is 13.8 Å². The van der Waals surface area contributed by atoms with Gasteiger partial charge in [-0.2, -0.15) is 5.26 Å². The summed E-state index contributed by atoms with van der Waals surface area (Å²) in [6.45, 7) is 9.76. The van der Waals surface area contributed by atoms with Gasteiger partial charge in [-0.15, -0.1) is 11.3 Å². The van der Waals surface area contributed by atoms with Gasteiger partial charge in [-0.05, 0) is 44.7 Å². The minimum Gasteiger partial charge on any atom is -0.462 e. The minimum absolute atomic E-state index is 0.184. The third kappa shape index (κ3) is 6.77. The molecule has 8 nitrogen and oxygen atoms in total. The van der Waals surface area contributed by atoms with Crippen molar-refractivity contribution in [3.63, 3.8) is 0 Å². The molecule has 1 saturated heterocycles. The fraction of sp³-hybridized carbons (Fsp3) is 0.636. The first kappa shape index (κ1) is 24.8. The zero-order valence-electron chi connectivity index (χ0n) is 18.7. The molecular formula is C22H31N3O5S. The van der Waals surface area contributed by atoms with Crippen LogP contribution in [0.4, 0.5) is 5.00 Å². The van der Waals surface area contributed by atoms with E-state index in [1.165, 1.54) is 0 Å². The van der Waals surface area contributed by atoms with Crippen molar-refractivity contribution in [3.8, 4) is 6.07 Å². The molecule has 1 aliphatic rings. The third-order valence-corrected chi connectivity index (χ3v) is 6.20. The topological polar surface area (TPSA) is 109 Å². The lowest BCUT2D eigenvalue weighted by Crippen LogP contribution is -2.41. The highest BCUT2D eigenvalue weighted by molar-refractivity contribution is 7.18. The molecule has 0 aliphatic carbocycles. The highest BCUT2D eigenvalue weighted by Crippen LogP contribution is 2.35. The van der Waals surface area contributed by atoms with Crippen molar-refractivity contribution >= 4 is 34.2 Å². The van der Waals surface area contributed by atoms with Gasteiger partial charge in [0.2, 0.25) is 5.91 Å². The molecule has 170 valence electrons. The molecule has 1 aromatic heterocycles. The molecule has 1 aromatic rings. The van der Waals surface area contributed by atoms with Crippen LogP contribution < -0.4 is 5.32 Å². The zero-order valence-corrected chi connectivity index (χ0v) is 19.5. The molecule has 1 amide bonds. The number of amides is 1. The molecule has 0 bridgehead atoms. The molecule has 0 radical (unpaired) electrons. The van der Waals surface area contributed by atoms with Crippen LogP contribution in [0, 0.1) is 30.1 Å². The van der Waals surface area contributed by atoms with Gasteiger partial charge in [0, 0.05) is 19.5 Å². The van der Waals surface area contributed by atoms with Crippen LogP contribution >= 0.6 is 11.3 Å². The lowest BCUT2D eigenvalue weighted by Gasteiger charge is -2.31. The van der Waals surface area contributed by atoms with E-state index in [1.54, 1.807) is 13.8 Å². The van der Waals surface area contributed by atoms with Crippen LogP contribution in [0.3, 0.4) is 0 Å². The number of hydrogen-bond acceptors (Lipinski definition) is 8. The zero-order chi connectivity index (χ0) is 23.0. The minimum atomic E-state index is -0.575. The first-order chi connectivity index (χ1) is 14.8. The Hall–Kier alpha value is -2.44. The fourth-order valence-electron chi connectivity index (χ4n) is 3.45. The average Bonchev–Trinajstić information content (AvgIpc) is 3.06. The molecule has 2 rings (SSSR count). The summed E-state index contributed by atoms with van der Waals surface area (Å²) < 4.78 is 10.5. The van der Waals surface area contributed by atoms with Gasteiger partial charge in [-0.1, -0.05) is 13.8 Å². The number of nitrogens with zero attached hydrogens (tertiary/aromatic N) is 2. The molecule has 1 atom stereocenters. The van der Waals surface area contributed by atoms with Crippen molar-refractivity contribution in [1.29, 1.82) is 5.26 Å². The molecule has 31 heavy (non-hydrogen) atoms. The fourth-order valence-corrected chi connectivity index (χ4v) is 4.54. The summed E-state index contributed by atoms with van der Waals surface area (Å²) in [5.74, 6) is -1.35. The Balaban J connectivity index is 2.22. The lowest BCUT2D eigenvalue weighted by molar-refractivity contribution is -0.121. The maximum Gasteiger partial charge on any atom is 0.348 e.